The van der Waals surface area contributed by atoms with Crippen LogP contribution < -0.4 is 4.74 Å². The van der Waals surface area contributed by atoms with Gasteiger partial charge in [-0.25, -0.2) is 9.97 Å². The largest absolute Gasteiger partial charge is 0.497 e. The number of thiazole rings is 1. The number of benzene rings is 2. The second-order valence-electron chi connectivity index (χ2n) is 8.19. The Bertz CT molecular complexity index is 1270. The predicted octanol–water partition coefficient (Wildman–Crippen LogP) is 5.20. The van der Waals surface area contributed by atoms with Gasteiger partial charge in [-0.3, -0.25) is 4.98 Å². The predicted molar refractivity (Wildman–Crippen MR) is 122 cm³/mol. The van der Waals surface area contributed by atoms with Gasteiger partial charge >= 0.3 is 0 Å². The summed E-state index contributed by atoms with van der Waals surface area (Å²) in [5.41, 5.74) is 6.19. The van der Waals surface area contributed by atoms with E-state index >= 15 is 0 Å². The van der Waals surface area contributed by atoms with Crippen molar-refractivity contribution in [1.82, 2.24) is 15.0 Å². The van der Waals surface area contributed by atoms with Crippen molar-refractivity contribution in [3.63, 3.8) is 0 Å². The van der Waals surface area contributed by atoms with Crippen LogP contribution in [0.3, 0.4) is 0 Å². The molecule has 1 unspecified atom stereocenters. The van der Waals surface area contributed by atoms with Crippen LogP contribution >= 0.6 is 11.3 Å². The van der Waals surface area contributed by atoms with E-state index in [0.29, 0.717) is 12.5 Å². The summed E-state index contributed by atoms with van der Waals surface area (Å²) >= 11 is 1.59. The van der Waals surface area contributed by atoms with Crippen LogP contribution in [0.1, 0.15) is 42.2 Å². The average molecular weight is 436 g/mol. The maximum atomic E-state index is 11.0. The highest BCUT2D eigenvalue weighted by Gasteiger charge is 2.29. The minimum atomic E-state index is -0.521. The van der Waals surface area contributed by atoms with E-state index in [0.717, 1.165) is 67.2 Å². The molecule has 0 spiro atoms. The molecule has 0 amide bonds. The molecule has 0 bridgehead atoms. The zero-order valence-corrected chi connectivity index (χ0v) is 18.7. The lowest BCUT2D eigenvalue weighted by Gasteiger charge is -2.30. The first-order valence-corrected chi connectivity index (χ1v) is 11.3. The minimum absolute atomic E-state index is 0.297. The molecular formula is C24H25N3O3S. The number of hydrogen-bond acceptors (Lipinski definition) is 7. The van der Waals surface area contributed by atoms with Crippen molar-refractivity contribution in [3.05, 3.63) is 47.3 Å². The molecule has 0 radical (unpaired) electrons. The van der Waals surface area contributed by atoms with Crippen molar-refractivity contribution in [2.24, 2.45) is 5.92 Å². The van der Waals surface area contributed by atoms with E-state index in [9.17, 15) is 5.11 Å². The van der Waals surface area contributed by atoms with Gasteiger partial charge in [0.2, 0.25) is 0 Å². The van der Waals surface area contributed by atoms with Crippen LogP contribution in [0.5, 0.6) is 5.75 Å². The van der Waals surface area contributed by atoms with E-state index in [1.165, 1.54) is 6.42 Å². The van der Waals surface area contributed by atoms with Crippen LogP contribution in [-0.2, 0) is 11.3 Å². The number of nitrogens with zero attached hydrogens (tertiary/aromatic N) is 3. The third kappa shape index (κ3) is 3.67. The molecule has 2 heterocycles. The molecule has 31 heavy (non-hydrogen) atoms. The monoisotopic (exact) mass is 435 g/mol. The quantitative estimate of drug-likeness (QED) is 0.448. The number of aliphatic hydroxyl groups excluding tert-OH is 1. The summed E-state index contributed by atoms with van der Waals surface area (Å²) in [7, 11) is 3.31. The van der Waals surface area contributed by atoms with E-state index < -0.39 is 6.10 Å². The molecule has 1 aliphatic rings. The van der Waals surface area contributed by atoms with Gasteiger partial charge in [0.25, 0.3) is 0 Å². The molecule has 7 heteroatoms. The molecule has 1 aliphatic carbocycles. The molecule has 1 saturated carbocycles. The SMILES string of the molecule is COCc1cnc2c(-c3nc4c(C(O)C5CCC5)cc(OC)cc4s3)cc(C)cc2n1. The van der Waals surface area contributed by atoms with Crippen molar-refractivity contribution in [1.29, 1.82) is 0 Å². The molecule has 1 N–H and O–H groups in total. The minimum Gasteiger partial charge on any atom is -0.497 e. The Morgan fingerprint density at radius 2 is 1.97 bits per heavy atom. The molecule has 5 rings (SSSR count). The fourth-order valence-corrected chi connectivity index (χ4v) is 5.23. The van der Waals surface area contributed by atoms with E-state index in [2.05, 4.69) is 18.0 Å². The fourth-order valence-electron chi connectivity index (χ4n) is 4.18. The summed E-state index contributed by atoms with van der Waals surface area (Å²) in [5, 5.41) is 11.9. The highest BCUT2D eigenvalue weighted by atomic mass is 32.1. The van der Waals surface area contributed by atoms with Crippen molar-refractivity contribution < 1.29 is 14.6 Å². The summed E-state index contributed by atoms with van der Waals surface area (Å²) in [6.07, 6.45) is 4.52. The molecule has 0 saturated heterocycles. The first-order chi connectivity index (χ1) is 15.1. The Hall–Kier alpha value is -2.61. The van der Waals surface area contributed by atoms with Gasteiger partial charge in [0.15, 0.2) is 0 Å². The van der Waals surface area contributed by atoms with Gasteiger partial charge in [0.05, 0.1) is 53.0 Å². The first kappa shape index (κ1) is 20.3. The van der Waals surface area contributed by atoms with Crippen molar-refractivity contribution >= 4 is 32.6 Å². The molecule has 4 aromatic rings. The molecule has 0 aliphatic heterocycles. The third-order valence-electron chi connectivity index (χ3n) is 6.01. The van der Waals surface area contributed by atoms with Gasteiger partial charge in [0, 0.05) is 18.2 Å². The lowest BCUT2D eigenvalue weighted by atomic mass is 9.78. The van der Waals surface area contributed by atoms with E-state index in [1.807, 2.05) is 18.2 Å². The average Bonchev–Trinajstić information content (AvgIpc) is 3.15. The van der Waals surface area contributed by atoms with Gasteiger partial charge < -0.3 is 14.6 Å². The first-order valence-electron chi connectivity index (χ1n) is 10.5. The Morgan fingerprint density at radius 1 is 1.13 bits per heavy atom. The Kier molecular flexibility index (Phi) is 5.33. The van der Waals surface area contributed by atoms with Gasteiger partial charge in [0.1, 0.15) is 10.8 Å². The zero-order valence-electron chi connectivity index (χ0n) is 17.9. The summed E-state index contributed by atoms with van der Waals surface area (Å²) in [6, 6.07) is 8.06. The number of methoxy groups -OCH3 is 2. The molecule has 6 nitrogen and oxygen atoms in total. The highest BCUT2D eigenvalue weighted by Crippen LogP contribution is 2.43. The van der Waals surface area contributed by atoms with E-state index in [4.69, 9.17) is 19.4 Å². The number of hydrogen-bond donors (Lipinski definition) is 1. The second kappa shape index (κ2) is 8.15. The van der Waals surface area contributed by atoms with Gasteiger partial charge in [-0.05, 0) is 55.5 Å². The van der Waals surface area contributed by atoms with Crippen LogP contribution in [0, 0.1) is 12.8 Å². The van der Waals surface area contributed by atoms with Crippen molar-refractivity contribution in [3.8, 4) is 16.3 Å². The normalized spacial score (nSPS) is 15.4. The molecule has 1 fully saturated rings. The zero-order chi connectivity index (χ0) is 21.5. The van der Waals surface area contributed by atoms with Gasteiger partial charge in [-0.1, -0.05) is 6.42 Å². The molecule has 160 valence electrons. The maximum Gasteiger partial charge on any atom is 0.126 e. The van der Waals surface area contributed by atoms with Crippen LogP contribution in [0.25, 0.3) is 31.8 Å². The summed E-state index contributed by atoms with van der Waals surface area (Å²) in [5.74, 6) is 1.04. The third-order valence-corrected chi connectivity index (χ3v) is 7.05. The Morgan fingerprint density at radius 3 is 2.68 bits per heavy atom. The summed E-state index contributed by atoms with van der Waals surface area (Å²) in [4.78, 5) is 14.4. The van der Waals surface area contributed by atoms with Gasteiger partial charge in [-0.15, -0.1) is 11.3 Å². The topological polar surface area (TPSA) is 77.4 Å². The van der Waals surface area contributed by atoms with Crippen LogP contribution in [0.15, 0.2) is 30.5 Å². The van der Waals surface area contributed by atoms with Gasteiger partial charge in [-0.2, -0.15) is 0 Å². The lowest BCUT2D eigenvalue weighted by Crippen LogP contribution is -2.20. The molecule has 2 aromatic carbocycles. The maximum absolute atomic E-state index is 11.0. The number of aliphatic hydroxyl groups is 1. The highest BCUT2D eigenvalue weighted by molar-refractivity contribution is 7.21. The number of rotatable bonds is 6. The van der Waals surface area contributed by atoms with E-state index in [-0.39, 0.29) is 0 Å². The molecule has 2 aromatic heterocycles. The fraction of sp³-hybridized carbons (Fsp3) is 0.375. The number of fused-ring (bicyclic) bond motifs is 2. The van der Waals surface area contributed by atoms with Crippen molar-refractivity contribution in [2.75, 3.05) is 14.2 Å². The van der Waals surface area contributed by atoms with Crippen LogP contribution in [-0.4, -0.2) is 34.3 Å². The smallest absolute Gasteiger partial charge is 0.126 e. The Labute approximate surface area is 184 Å². The molecular weight excluding hydrogens is 410 g/mol. The molecule has 1 atom stereocenters. The van der Waals surface area contributed by atoms with Crippen LogP contribution in [0.4, 0.5) is 0 Å². The lowest BCUT2D eigenvalue weighted by molar-refractivity contribution is 0.0630. The van der Waals surface area contributed by atoms with Crippen molar-refractivity contribution in [2.45, 2.75) is 38.9 Å². The van der Waals surface area contributed by atoms with Crippen LogP contribution in [0.2, 0.25) is 0 Å². The number of aryl methyl sites for hydroxylation is 1. The Balaban J connectivity index is 1.67. The summed E-state index contributed by atoms with van der Waals surface area (Å²) < 4.78 is 11.7. The second-order valence-corrected chi connectivity index (χ2v) is 9.22. The number of ether oxygens (including phenoxy) is 2. The number of aromatic nitrogens is 3. The summed E-state index contributed by atoms with van der Waals surface area (Å²) in [6.45, 7) is 2.48. The standard InChI is InChI=1S/C24H25N3O3S/c1-13-7-18(21-19(8-13)26-15(11-25-21)12-29-2)24-27-22-17(23(28)14-5-4-6-14)9-16(30-3)10-20(22)31-24/h7-11,14,23,28H,4-6,12H2,1-3H3. The van der Waals surface area contributed by atoms with E-state index in [1.54, 1.807) is 31.8 Å².